The Hall–Kier alpha value is -2.39. The third-order valence-corrected chi connectivity index (χ3v) is 7.50. The van der Waals surface area contributed by atoms with E-state index in [0.29, 0.717) is 40.3 Å². The molecular formula is C21H25FN4O3S. The molecular weight excluding hydrogens is 407 g/mol. The number of anilines is 1. The second kappa shape index (κ2) is 7.09. The van der Waals surface area contributed by atoms with Crippen LogP contribution in [0.4, 0.5) is 10.1 Å². The van der Waals surface area contributed by atoms with E-state index in [1.807, 2.05) is 16.5 Å². The van der Waals surface area contributed by atoms with Gasteiger partial charge in [-0.1, -0.05) is 0 Å². The van der Waals surface area contributed by atoms with Crippen molar-refractivity contribution in [1.82, 2.24) is 14.3 Å². The standard InChI is InChI=1S/C21H25FN4O3S/c1-10(23-2)11-6-7-25(9-11)17-14(22)8-13-16(19(17)29-3)26(12-4-5-12)21-15(18(13)27)20(28)24-30-21/h8,10-12,23H,4-7,9H2,1-3H3,(H,24,28)/t10?,11-/m1/s1. The predicted octanol–water partition coefficient (Wildman–Crippen LogP) is 2.82. The number of rotatable bonds is 5. The zero-order valence-corrected chi connectivity index (χ0v) is 18.1. The van der Waals surface area contributed by atoms with E-state index in [9.17, 15) is 9.59 Å². The number of halogens is 1. The van der Waals surface area contributed by atoms with Crippen LogP contribution < -0.4 is 25.9 Å². The Morgan fingerprint density at radius 1 is 1.33 bits per heavy atom. The molecule has 0 radical (unpaired) electrons. The van der Waals surface area contributed by atoms with Gasteiger partial charge >= 0.3 is 0 Å². The molecule has 2 N–H and O–H groups in total. The Balaban J connectivity index is 1.79. The summed E-state index contributed by atoms with van der Waals surface area (Å²) in [7, 11) is 3.46. The van der Waals surface area contributed by atoms with E-state index in [-0.39, 0.29) is 16.8 Å². The van der Waals surface area contributed by atoms with Gasteiger partial charge in [0.25, 0.3) is 5.56 Å². The summed E-state index contributed by atoms with van der Waals surface area (Å²) in [6, 6.07) is 1.80. The number of fused-ring (bicyclic) bond motifs is 2. The maximum atomic E-state index is 15.4. The second-order valence-corrected chi connectivity index (χ2v) is 9.15. The van der Waals surface area contributed by atoms with Gasteiger partial charge < -0.3 is 19.5 Å². The molecule has 3 heterocycles. The van der Waals surface area contributed by atoms with E-state index in [1.165, 1.54) is 13.2 Å². The zero-order chi connectivity index (χ0) is 21.2. The minimum Gasteiger partial charge on any atom is -0.492 e. The summed E-state index contributed by atoms with van der Waals surface area (Å²) in [6.45, 7) is 3.58. The van der Waals surface area contributed by atoms with Gasteiger partial charge in [0.15, 0.2) is 11.6 Å². The fraction of sp³-hybridized carbons (Fsp3) is 0.524. The summed E-state index contributed by atoms with van der Waals surface area (Å²) in [5.41, 5.74) is 0.149. The first-order valence-electron chi connectivity index (χ1n) is 10.3. The number of nitrogens with zero attached hydrogens (tertiary/aromatic N) is 2. The van der Waals surface area contributed by atoms with Crippen LogP contribution in [-0.4, -0.2) is 42.2 Å². The molecule has 2 aliphatic rings. The zero-order valence-electron chi connectivity index (χ0n) is 17.3. The molecule has 0 spiro atoms. The number of H-pyrrole nitrogens is 1. The lowest BCUT2D eigenvalue weighted by molar-refractivity contribution is 0.411. The average Bonchev–Trinajstić information content (AvgIpc) is 3.33. The molecule has 9 heteroatoms. The first-order chi connectivity index (χ1) is 14.5. The normalized spacial score (nSPS) is 20.4. The number of benzene rings is 1. The number of pyridine rings is 1. The van der Waals surface area contributed by atoms with Gasteiger partial charge in [-0.2, -0.15) is 0 Å². The van der Waals surface area contributed by atoms with Crippen LogP contribution in [0.1, 0.15) is 32.2 Å². The van der Waals surface area contributed by atoms with Crippen molar-refractivity contribution in [2.45, 2.75) is 38.3 Å². The highest BCUT2D eigenvalue weighted by Crippen LogP contribution is 2.46. The minimum absolute atomic E-state index is 0.109. The monoisotopic (exact) mass is 432 g/mol. The lowest BCUT2D eigenvalue weighted by atomic mass is 10.0. The van der Waals surface area contributed by atoms with Crippen molar-refractivity contribution in [3.05, 3.63) is 32.5 Å². The van der Waals surface area contributed by atoms with Gasteiger partial charge in [0.1, 0.15) is 15.9 Å². The van der Waals surface area contributed by atoms with Gasteiger partial charge in [0.2, 0.25) is 5.43 Å². The number of aromatic amines is 1. The van der Waals surface area contributed by atoms with Gasteiger partial charge in [0, 0.05) is 25.2 Å². The summed E-state index contributed by atoms with van der Waals surface area (Å²) in [4.78, 5) is 28.0. The van der Waals surface area contributed by atoms with Crippen molar-refractivity contribution in [3.8, 4) is 5.75 Å². The Morgan fingerprint density at radius 2 is 2.10 bits per heavy atom. The fourth-order valence-corrected chi connectivity index (χ4v) is 5.64. The van der Waals surface area contributed by atoms with Gasteiger partial charge in [-0.25, -0.2) is 4.39 Å². The molecule has 1 aliphatic carbocycles. The maximum Gasteiger partial charge on any atom is 0.271 e. The Kier molecular flexibility index (Phi) is 4.62. The van der Waals surface area contributed by atoms with Crippen LogP contribution in [0.2, 0.25) is 0 Å². The average molecular weight is 433 g/mol. The fourth-order valence-electron chi connectivity index (χ4n) is 4.72. The highest BCUT2D eigenvalue weighted by Gasteiger charge is 2.35. The lowest BCUT2D eigenvalue weighted by Crippen LogP contribution is -2.33. The molecule has 1 aromatic carbocycles. The number of hydrogen-bond acceptors (Lipinski definition) is 6. The molecule has 160 valence electrons. The van der Waals surface area contributed by atoms with Crippen LogP contribution in [-0.2, 0) is 0 Å². The smallest absolute Gasteiger partial charge is 0.271 e. The van der Waals surface area contributed by atoms with E-state index in [4.69, 9.17) is 4.74 Å². The largest absolute Gasteiger partial charge is 0.492 e. The Bertz CT molecular complexity index is 1260. The third kappa shape index (κ3) is 2.79. The van der Waals surface area contributed by atoms with E-state index < -0.39 is 16.8 Å². The predicted molar refractivity (Wildman–Crippen MR) is 118 cm³/mol. The second-order valence-electron chi connectivity index (χ2n) is 8.35. The van der Waals surface area contributed by atoms with Gasteiger partial charge in [-0.3, -0.25) is 14.0 Å². The molecule has 2 atom stereocenters. The molecule has 2 fully saturated rings. The molecule has 1 saturated heterocycles. The van der Waals surface area contributed by atoms with E-state index in [0.717, 1.165) is 37.3 Å². The molecule has 3 aromatic rings. The first kappa shape index (κ1) is 19.6. The van der Waals surface area contributed by atoms with E-state index in [1.54, 1.807) is 0 Å². The number of ether oxygens (including phenoxy) is 1. The molecule has 0 bridgehead atoms. The van der Waals surface area contributed by atoms with Crippen LogP contribution in [0.25, 0.3) is 21.1 Å². The number of aromatic nitrogens is 2. The number of nitrogens with one attached hydrogen (secondary N) is 2. The van der Waals surface area contributed by atoms with Gasteiger partial charge in [-0.15, -0.1) is 0 Å². The van der Waals surface area contributed by atoms with Crippen molar-refractivity contribution in [2.24, 2.45) is 5.92 Å². The summed E-state index contributed by atoms with van der Waals surface area (Å²) < 4.78 is 25.9. The van der Waals surface area contributed by atoms with E-state index >= 15 is 4.39 Å². The highest BCUT2D eigenvalue weighted by atomic mass is 32.1. The number of hydrogen-bond donors (Lipinski definition) is 2. The minimum atomic E-state index is -0.484. The molecule has 30 heavy (non-hydrogen) atoms. The van der Waals surface area contributed by atoms with Gasteiger partial charge in [-0.05, 0) is 56.8 Å². The SMILES string of the molecule is CNC(C)[C@@H]1CCN(c2c(F)cc3c(=O)c4c(=O)[nH]sc4n(C4CC4)c3c2OC)C1. The molecule has 7 nitrogen and oxygen atoms in total. The summed E-state index contributed by atoms with van der Waals surface area (Å²) >= 11 is 1.16. The van der Waals surface area contributed by atoms with Crippen molar-refractivity contribution < 1.29 is 9.13 Å². The molecule has 1 saturated carbocycles. The summed E-state index contributed by atoms with van der Waals surface area (Å²) in [6.07, 6.45) is 2.87. The van der Waals surface area contributed by atoms with Crippen molar-refractivity contribution in [3.63, 3.8) is 0 Å². The molecule has 5 rings (SSSR count). The first-order valence-corrected chi connectivity index (χ1v) is 11.2. The van der Waals surface area contributed by atoms with Crippen molar-refractivity contribution in [2.75, 3.05) is 32.1 Å². The Morgan fingerprint density at radius 3 is 2.77 bits per heavy atom. The third-order valence-electron chi connectivity index (χ3n) is 6.61. The molecule has 1 unspecified atom stereocenters. The quantitative estimate of drug-likeness (QED) is 0.648. The molecule has 1 aliphatic heterocycles. The van der Waals surface area contributed by atoms with Crippen LogP contribution >= 0.6 is 11.5 Å². The highest BCUT2D eigenvalue weighted by molar-refractivity contribution is 7.12. The molecule has 2 aromatic heterocycles. The lowest BCUT2D eigenvalue weighted by Gasteiger charge is -2.25. The van der Waals surface area contributed by atoms with Crippen molar-refractivity contribution >= 4 is 38.3 Å². The topological polar surface area (TPSA) is 79.4 Å². The van der Waals surface area contributed by atoms with E-state index in [2.05, 4.69) is 16.6 Å². The van der Waals surface area contributed by atoms with Crippen molar-refractivity contribution in [1.29, 1.82) is 0 Å². The Labute approximate surface area is 176 Å². The van der Waals surface area contributed by atoms with Gasteiger partial charge in [0.05, 0.1) is 18.0 Å². The maximum absolute atomic E-state index is 15.4. The number of methoxy groups -OCH3 is 1. The summed E-state index contributed by atoms with van der Waals surface area (Å²) in [5, 5.41) is 3.60. The molecule has 0 amide bonds. The van der Waals surface area contributed by atoms with Crippen LogP contribution in [0, 0.1) is 11.7 Å². The van der Waals surface area contributed by atoms with Crippen LogP contribution in [0.5, 0.6) is 5.75 Å². The summed E-state index contributed by atoms with van der Waals surface area (Å²) in [5.74, 6) is 0.301. The van der Waals surface area contributed by atoms with Crippen LogP contribution in [0.15, 0.2) is 15.7 Å². The van der Waals surface area contributed by atoms with Crippen LogP contribution in [0.3, 0.4) is 0 Å².